The number of nitrogens with zero attached hydrogens (tertiary/aromatic N) is 3. The average molecular weight is 645 g/mol. The van der Waals surface area contributed by atoms with Crippen molar-refractivity contribution in [1.29, 1.82) is 0 Å². The molecule has 230 valence electrons. The molecule has 0 radical (unpaired) electrons. The highest BCUT2D eigenvalue weighted by Crippen LogP contribution is 2.40. The number of carbonyl (C=O) groups is 2. The molecule has 1 N–H and O–H groups in total. The van der Waals surface area contributed by atoms with Crippen LogP contribution in [0, 0.1) is 0 Å². The highest BCUT2D eigenvalue weighted by atomic mass is 35.5. The molecule has 0 saturated carbocycles. The van der Waals surface area contributed by atoms with E-state index in [0.717, 1.165) is 6.42 Å². The van der Waals surface area contributed by atoms with Gasteiger partial charge in [-0.1, -0.05) is 64.7 Å². The monoisotopic (exact) mass is 643 g/mol. The van der Waals surface area contributed by atoms with Crippen LogP contribution >= 0.6 is 23.2 Å². The molecule has 1 saturated heterocycles. The summed E-state index contributed by atoms with van der Waals surface area (Å²) in [4.78, 5) is 32.2. The summed E-state index contributed by atoms with van der Waals surface area (Å²) in [6.45, 7) is 22.3. The summed E-state index contributed by atoms with van der Waals surface area (Å²) < 4.78 is 15.0. The van der Waals surface area contributed by atoms with E-state index >= 15 is 0 Å². The van der Waals surface area contributed by atoms with Crippen LogP contribution in [0.25, 0.3) is 11.0 Å². The first-order valence-electron chi connectivity index (χ1n) is 14.3. The number of likely N-dealkylation sites (tertiary alicyclic amines) is 1. The van der Waals surface area contributed by atoms with E-state index in [1.54, 1.807) is 12.1 Å². The fraction of sp³-hybridized carbons (Fsp3) is 0.690. The van der Waals surface area contributed by atoms with Crippen LogP contribution in [-0.2, 0) is 26.8 Å². The first-order chi connectivity index (χ1) is 18.6. The Balaban J connectivity index is 1.94. The lowest BCUT2D eigenvalue weighted by Gasteiger charge is -2.46. The molecule has 1 aromatic carbocycles. The Kier molecular flexibility index (Phi) is 10.2. The molecule has 2 heterocycles. The molecule has 0 bridgehead atoms. The molecule has 41 heavy (non-hydrogen) atoms. The number of imidazole rings is 1. The topological polar surface area (TPSA) is 93.9 Å². The van der Waals surface area contributed by atoms with Gasteiger partial charge < -0.3 is 23.4 Å². The summed E-state index contributed by atoms with van der Waals surface area (Å²) in [5.74, 6) is 0.509. The minimum absolute atomic E-state index is 0.00666. The Labute approximate surface area is 256 Å². The van der Waals surface area contributed by atoms with Crippen molar-refractivity contribution in [3.8, 4) is 0 Å². The maximum atomic E-state index is 13.8. The number of carbonyl (C=O) groups excluding carboxylic acids is 1. The normalized spacial score (nSPS) is 19.2. The SMILES string of the molecule is CC(C)(C)[Si](C)(C)OCc1nc2cc(Cl)c(Cl)cc2n1CC(=O)CC1C(O[Si](C)(C)C(C)(C)C)CCCN1C(=O)O. The van der Waals surface area contributed by atoms with Crippen LogP contribution in [0.3, 0.4) is 0 Å². The molecule has 0 aliphatic carbocycles. The Morgan fingerprint density at radius 3 is 2.17 bits per heavy atom. The van der Waals surface area contributed by atoms with E-state index in [4.69, 9.17) is 37.0 Å². The third-order valence-corrected chi connectivity index (χ3v) is 18.9. The van der Waals surface area contributed by atoms with Gasteiger partial charge in [-0.25, -0.2) is 9.78 Å². The van der Waals surface area contributed by atoms with E-state index in [1.807, 2.05) is 4.57 Å². The highest BCUT2D eigenvalue weighted by molar-refractivity contribution is 6.74. The number of hydrogen-bond acceptors (Lipinski definition) is 5. The predicted molar refractivity (Wildman–Crippen MR) is 171 cm³/mol. The van der Waals surface area contributed by atoms with Gasteiger partial charge in [0.2, 0.25) is 0 Å². The number of amides is 1. The average Bonchev–Trinajstić information content (AvgIpc) is 3.13. The molecule has 1 amide bonds. The van der Waals surface area contributed by atoms with Crippen molar-refractivity contribution < 1.29 is 23.5 Å². The lowest BCUT2D eigenvalue weighted by Crippen LogP contribution is -2.56. The van der Waals surface area contributed by atoms with E-state index in [1.165, 1.54) is 4.90 Å². The number of hydrogen-bond donors (Lipinski definition) is 1. The molecule has 1 fully saturated rings. The van der Waals surface area contributed by atoms with Gasteiger partial charge in [-0.2, -0.15) is 0 Å². The zero-order valence-electron chi connectivity index (χ0n) is 26.2. The van der Waals surface area contributed by atoms with Gasteiger partial charge in [0.05, 0.1) is 46.4 Å². The summed E-state index contributed by atoms with van der Waals surface area (Å²) in [5.41, 5.74) is 1.32. The summed E-state index contributed by atoms with van der Waals surface area (Å²) >= 11 is 12.7. The van der Waals surface area contributed by atoms with Gasteiger partial charge >= 0.3 is 6.09 Å². The third kappa shape index (κ3) is 7.75. The van der Waals surface area contributed by atoms with Gasteiger partial charge in [-0.3, -0.25) is 4.79 Å². The lowest BCUT2D eigenvalue weighted by atomic mass is 9.95. The molecule has 0 spiro atoms. The Morgan fingerprint density at radius 1 is 1.02 bits per heavy atom. The summed E-state index contributed by atoms with van der Waals surface area (Å²) in [6.07, 6.45) is 0.122. The van der Waals surface area contributed by atoms with Gasteiger partial charge in [-0.15, -0.1) is 0 Å². The van der Waals surface area contributed by atoms with E-state index in [2.05, 4.69) is 67.7 Å². The number of halogens is 2. The van der Waals surface area contributed by atoms with Gasteiger partial charge in [-0.05, 0) is 61.2 Å². The number of rotatable bonds is 9. The number of Topliss-reactive ketones (excluding diaryl/α,β-unsaturated/α-hetero) is 1. The van der Waals surface area contributed by atoms with Gasteiger partial charge in [0.1, 0.15) is 5.82 Å². The number of fused-ring (bicyclic) bond motifs is 1. The molecule has 2 atom stereocenters. The summed E-state index contributed by atoms with van der Waals surface area (Å²) in [5, 5.41) is 10.7. The smallest absolute Gasteiger partial charge is 0.407 e. The van der Waals surface area contributed by atoms with Crippen LogP contribution in [0.1, 0.15) is 66.6 Å². The number of aromatic nitrogens is 2. The van der Waals surface area contributed by atoms with E-state index in [-0.39, 0.29) is 41.5 Å². The van der Waals surface area contributed by atoms with Crippen molar-refractivity contribution in [2.24, 2.45) is 0 Å². The van der Waals surface area contributed by atoms with Crippen molar-refractivity contribution in [2.75, 3.05) is 6.54 Å². The Morgan fingerprint density at radius 2 is 1.61 bits per heavy atom. The fourth-order valence-electron chi connectivity index (χ4n) is 4.59. The largest absolute Gasteiger partial charge is 0.465 e. The summed E-state index contributed by atoms with van der Waals surface area (Å²) in [7, 11) is -4.30. The Hall–Kier alpha value is -1.44. The standard InChI is InChI=1S/C29H47Cl2N3O5Si2/c1-28(2,3)40(7,8)38-18-26-32-22-15-20(30)21(31)16-23(22)34(26)17-19(35)14-24-25(12-11-13-33(24)27(36)37)39-41(9,10)29(4,5)6/h15-16,24-25H,11-14,17-18H2,1-10H3,(H,36,37). The van der Waals surface area contributed by atoms with Gasteiger partial charge in [0.15, 0.2) is 22.4 Å². The van der Waals surface area contributed by atoms with Crippen LogP contribution in [-0.4, -0.2) is 66.8 Å². The fourth-order valence-corrected chi connectivity index (χ4v) is 7.21. The number of carboxylic acid groups (broad SMARTS) is 1. The molecule has 8 nitrogen and oxygen atoms in total. The first kappa shape index (κ1) is 34.1. The second-order valence-corrected chi connectivity index (χ2v) is 24.6. The quantitative estimate of drug-likeness (QED) is 0.276. The van der Waals surface area contributed by atoms with Crippen LogP contribution in [0.4, 0.5) is 4.79 Å². The van der Waals surface area contributed by atoms with Crippen LogP contribution < -0.4 is 0 Å². The van der Waals surface area contributed by atoms with E-state index < -0.39 is 28.8 Å². The van der Waals surface area contributed by atoms with Gasteiger partial charge in [0, 0.05) is 13.0 Å². The molecule has 1 aliphatic rings. The van der Waals surface area contributed by atoms with Crippen molar-refractivity contribution in [1.82, 2.24) is 14.5 Å². The number of piperidine rings is 1. The van der Waals surface area contributed by atoms with Crippen molar-refractivity contribution in [2.45, 2.75) is 122 Å². The lowest BCUT2D eigenvalue weighted by molar-refractivity contribution is -0.122. The van der Waals surface area contributed by atoms with E-state index in [0.29, 0.717) is 39.9 Å². The second kappa shape index (κ2) is 12.3. The van der Waals surface area contributed by atoms with Crippen molar-refractivity contribution in [3.05, 3.63) is 28.0 Å². The maximum absolute atomic E-state index is 13.8. The number of benzene rings is 1. The van der Waals surface area contributed by atoms with Crippen LogP contribution in [0.5, 0.6) is 0 Å². The van der Waals surface area contributed by atoms with Crippen molar-refractivity contribution >= 4 is 62.7 Å². The zero-order chi connectivity index (χ0) is 31.1. The minimum Gasteiger partial charge on any atom is -0.465 e. The van der Waals surface area contributed by atoms with Gasteiger partial charge in [0.25, 0.3) is 0 Å². The van der Waals surface area contributed by atoms with Crippen molar-refractivity contribution in [3.63, 3.8) is 0 Å². The molecule has 3 rings (SSSR count). The van der Waals surface area contributed by atoms with Crippen LogP contribution in [0.2, 0.25) is 46.3 Å². The number of ketones is 1. The van der Waals surface area contributed by atoms with Crippen LogP contribution in [0.15, 0.2) is 12.1 Å². The van der Waals surface area contributed by atoms with E-state index in [9.17, 15) is 14.7 Å². The molecule has 2 unspecified atom stereocenters. The second-order valence-electron chi connectivity index (χ2n) is 14.3. The molecule has 1 aliphatic heterocycles. The molecular formula is C29H47Cl2N3O5Si2. The zero-order valence-corrected chi connectivity index (χ0v) is 29.7. The highest BCUT2D eigenvalue weighted by Gasteiger charge is 2.44. The maximum Gasteiger partial charge on any atom is 0.407 e. The minimum atomic E-state index is -2.20. The predicted octanol–water partition coefficient (Wildman–Crippen LogP) is 8.36. The summed E-state index contributed by atoms with van der Waals surface area (Å²) in [6, 6.07) is 2.87. The molecule has 1 aromatic heterocycles. The third-order valence-electron chi connectivity index (χ3n) is 9.22. The molecule has 2 aromatic rings. The first-order valence-corrected chi connectivity index (χ1v) is 20.9. The molecule has 12 heteroatoms. The molecular weight excluding hydrogens is 597 g/mol. The Bertz CT molecular complexity index is 1280.